The van der Waals surface area contributed by atoms with Crippen LogP contribution in [0.15, 0.2) is 22.9 Å². The Balaban J connectivity index is 1.57. The van der Waals surface area contributed by atoms with E-state index in [1.807, 2.05) is 6.20 Å². The summed E-state index contributed by atoms with van der Waals surface area (Å²) in [5.74, 6) is 0. The van der Waals surface area contributed by atoms with Gasteiger partial charge in [-0.2, -0.15) is 0 Å². The summed E-state index contributed by atoms with van der Waals surface area (Å²) in [4.78, 5) is 4.24. The van der Waals surface area contributed by atoms with Crippen LogP contribution in [-0.4, -0.2) is 36.4 Å². The van der Waals surface area contributed by atoms with E-state index < -0.39 is 0 Å². The van der Waals surface area contributed by atoms with E-state index in [0.29, 0.717) is 18.2 Å². The number of rotatable bonds is 5. The average Bonchev–Trinajstić information content (AvgIpc) is 2.84. The van der Waals surface area contributed by atoms with Gasteiger partial charge in [0.2, 0.25) is 0 Å². The van der Waals surface area contributed by atoms with Gasteiger partial charge in [0.25, 0.3) is 0 Å². The number of hydrogen-bond donors (Lipinski definition) is 1. The van der Waals surface area contributed by atoms with Crippen LogP contribution in [0.2, 0.25) is 0 Å². The van der Waals surface area contributed by atoms with Crippen molar-refractivity contribution < 1.29 is 9.47 Å². The summed E-state index contributed by atoms with van der Waals surface area (Å²) in [6, 6.07) is 3.06. The minimum Gasteiger partial charge on any atom is -0.378 e. The molecule has 110 valence electrons. The van der Waals surface area contributed by atoms with Crippen molar-refractivity contribution in [2.45, 2.75) is 50.5 Å². The van der Waals surface area contributed by atoms with Gasteiger partial charge >= 0.3 is 0 Å². The summed E-state index contributed by atoms with van der Waals surface area (Å²) < 4.78 is 12.5. The molecule has 1 aliphatic heterocycles. The fourth-order valence-electron chi connectivity index (χ4n) is 3.05. The Kier molecular flexibility index (Phi) is 4.71. The molecule has 1 aromatic heterocycles. The fourth-order valence-corrected chi connectivity index (χ4v) is 3.43. The van der Waals surface area contributed by atoms with Gasteiger partial charge in [0.1, 0.15) is 0 Å². The minimum atomic E-state index is 0.117. The lowest BCUT2D eigenvalue weighted by molar-refractivity contribution is -0.0154. The van der Waals surface area contributed by atoms with Crippen LogP contribution in [0.25, 0.3) is 0 Å². The number of halogens is 1. The Morgan fingerprint density at radius 3 is 3.05 bits per heavy atom. The topological polar surface area (TPSA) is 43.4 Å². The molecule has 0 bridgehead atoms. The van der Waals surface area contributed by atoms with Crippen molar-refractivity contribution in [1.29, 1.82) is 0 Å². The molecule has 2 fully saturated rings. The fraction of sp³-hybridized carbons (Fsp3) is 0.667. The Morgan fingerprint density at radius 2 is 2.30 bits per heavy atom. The molecular weight excluding hydrogens is 320 g/mol. The summed E-state index contributed by atoms with van der Waals surface area (Å²) in [5, 5.41) is 3.72. The third-order valence-corrected chi connectivity index (χ3v) is 4.53. The molecular formula is C15H21BrN2O2. The zero-order valence-electron chi connectivity index (χ0n) is 11.7. The molecule has 1 saturated heterocycles. The molecule has 5 heteroatoms. The van der Waals surface area contributed by atoms with Gasteiger partial charge in [-0.3, -0.25) is 4.98 Å². The van der Waals surface area contributed by atoms with Gasteiger partial charge in [0, 0.05) is 47.7 Å². The first kappa shape index (κ1) is 14.4. The second-order valence-electron chi connectivity index (χ2n) is 5.54. The molecule has 2 atom stereocenters. The second-order valence-corrected chi connectivity index (χ2v) is 6.45. The number of nitrogens with zero attached hydrogens (tertiary/aromatic N) is 1. The Labute approximate surface area is 128 Å². The van der Waals surface area contributed by atoms with E-state index in [9.17, 15) is 0 Å². The van der Waals surface area contributed by atoms with Crippen LogP contribution in [0, 0.1) is 0 Å². The summed E-state index contributed by atoms with van der Waals surface area (Å²) in [5.41, 5.74) is 1.15. The van der Waals surface area contributed by atoms with Gasteiger partial charge in [-0.25, -0.2) is 0 Å². The van der Waals surface area contributed by atoms with Crippen LogP contribution in [0.4, 0.5) is 0 Å². The molecule has 0 unspecified atom stereocenters. The maximum absolute atomic E-state index is 5.90. The van der Waals surface area contributed by atoms with Gasteiger partial charge in [-0.05, 0) is 48.2 Å². The van der Waals surface area contributed by atoms with Crippen LogP contribution >= 0.6 is 15.9 Å². The molecule has 1 saturated carbocycles. The van der Waals surface area contributed by atoms with Crippen LogP contribution in [0.1, 0.15) is 37.9 Å². The third kappa shape index (κ3) is 3.22. The summed E-state index contributed by atoms with van der Waals surface area (Å²) in [6.07, 6.45) is 7.57. The quantitative estimate of drug-likeness (QED) is 0.894. The maximum Gasteiger partial charge on any atom is 0.0993 e. The summed E-state index contributed by atoms with van der Waals surface area (Å²) in [7, 11) is 0. The van der Waals surface area contributed by atoms with Crippen molar-refractivity contribution in [3.05, 3.63) is 28.5 Å². The largest absolute Gasteiger partial charge is 0.378 e. The van der Waals surface area contributed by atoms with Gasteiger partial charge in [-0.15, -0.1) is 0 Å². The second kappa shape index (κ2) is 6.52. The zero-order valence-corrected chi connectivity index (χ0v) is 13.3. The van der Waals surface area contributed by atoms with E-state index in [-0.39, 0.29) is 6.10 Å². The highest BCUT2D eigenvalue weighted by Gasteiger charge is 2.36. The van der Waals surface area contributed by atoms with E-state index >= 15 is 0 Å². The Hall–Kier alpha value is -0.490. The maximum atomic E-state index is 5.90. The van der Waals surface area contributed by atoms with Crippen molar-refractivity contribution >= 4 is 15.9 Å². The molecule has 20 heavy (non-hydrogen) atoms. The summed E-state index contributed by atoms with van der Waals surface area (Å²) >= 11 is 3.47. The van der Waals surface area contributed by atoms with Gasteiger partial charge < -0.3 is 14.8 Å². The molecule has 3 rings (SSSR count). The Morgan fingerprint density at radius 1 is 1.45 bits per heavy atom. The molecule has 4 nitrogen and oxygen atoms in total. The predicted octanol–water partition coefficient (Wildman–Crippen LogP) is 2.83. The van der Waals surface area contributed by atoms with Crippen molar-refractivity contribution in [2.24, 2.45) is 0 Å². The highest BCUT2D eigenvalue weighted by Crippen LogP contribution is 2.32. The van der Waals surface area contributed by atoms with Crippen molar-refractivity contribution in [3.8, 4) is 0 Å². The first-order valence-corrected chi connectivity index (χ1v) is 8.15. The van der Waals surface area contributed by atoms with E-state index in [1.165, 1.54) is 0 Å². The number of aromatic nitrogens is 1. The van der Waals surface area contributed by atoms with Crippen LogP contribution in [0.3, 0.4) is 0 Å². The van der Waals surface area contributed by atoms with Crippen molar-refractivity contribution in [3.63, 3.8) is 0 Å². The first-order valence-electron chi connectivity index (χ1n) is 7.36. The number of pyridine rings is 1. The lowest BCUT2D eigenvalue weighted by Crippen LogP contribution is -2.50. The highest BCUT2D eigenvalue weighted by molar-refractivity contribution is 9.10. The van der Waals surface area contributed by atoms with Crippen LogP contribution < -0.4 is 5.32 Å². The molecule has 1 aromatic rings. The molecule has 0 spiro atoms. The zero-order chi connectivity index (χ0) is 13.9. The van der Waals surface area contributed by atoms with E-state index in [0.717, 1.165) is 42.5 Å². The van der Waals surface area contributed by atoms with E-state index in [4.69, 9.17) is 9.47 Å². The first-order chi connectivity index (χ1) is 9.76. The molecule has 2 heterocycles. The lowest BCUT2D eigenvalue weighted by Gasteiger charge is -2.38. The molecule has 1 aliphatic carbocycles. The highest BCUT2D eigenvalue weighted by atomic mass is 79.9. The van der Waals surface area contributed by atoms with Crippen molar-refractivity contribution in [1.82, 2.24) is 10.3 Å². The predicted molar refractivity (Wildman–Crippen MR) is 80.6 cm³/mol. The Bertz CT molecular complexity index is 451. The van der Waals surface area contributed by atoms with Gasteiger partial charge in [0.15, 0.2) is 0 Å². The van der Waals surface area contributed by atoms with Gasteiger partial charge in [-0.1, -0.05) is 0 Å². The molecule has 0 aromatic carbocycles. The van der Waals surface area contributed by atoms with Crippen LogP contribution in [0.5, 0.6) is 0 Å². The summed E-state index contributed by atoms with van der Waals surface area (Å²) in [6.45, 7) is 3.69. The monoisotopic (exact) mass is 340 g/mol. The van der Waals surface area contributed by atoms with Crippen LogP contribution in [-0.2, 0) is 9.47 Å². The molecule has 2 aliphatic rings. The standard InChI is InChI=1S/C15H21BrN2O2/c1-2-19-13-6-12(7-13)18-14-3-4-20-15(14)10-5-11(16)9-17-8-10/h5,8-9,12-15,18H,2-4,6-7H2,1H3/t12?,13?,14-,15+/m0/s1. The van der Waals surface area contributed by atoms with E-state index in [1.54, 1.807) is 6.20 Å². The number of nitrogens with one attached hydrogen (secondary N) is 1. The average molecular weight is 341 g/mol. The molecule has 0 amide bonds. The molecule has 0 radical (unpaired) electrons. The minimum absolute atomic E-state index is 0.117. The third-order valence-electron chi connectivity index (χ3n) is 4.09. The molecule has 1 N–H and O–H groups in total. The SMILES string of the molecule is CCOC1CC(N[C@H]2CCO[C@@H]2c2cncc(Br)c2)C1. The number of ether oxygens (including phenoxy) is 2. The van der Waals surface area contributed by atoms with Gasteiger partial charge in [0.05, 0.1) is 12.2 Å². The number of hydrogen-bond acceptors (Lipinski definition) is 4. The van der Waals surface area contributed by atoms with E-state index in [2.05, 4.69) is 39.2 Å². The normalized spacial score (nSPS) is 33.1. The van der Waals surface area contributed by atoms with Crippen molar-refractivity contribution in [2.75, 3.05) is 13.2 Å². The lowest BCUT2D eigenvalue weighted by atomic mass is 9.87. The smallest absolute Gasteiger partial charge is 0.0993 e.